The van der Waals surface area contributed by atoms with E-state index in [1.165, 1.54) is 24.8 Å². The van der Waals surface area contributed by atoms with E-state index in [9.17, 15) is 4.91 Å². The van der Waals surface area contributed by atoms with E-state index < -0.39 is 0 Å². The van der Waals surface area contributed by atoms with Crippen molar-refractivity contribution in [1.82, 2.24) is 0 Å². The Hall–Kier alpha value is -0.660. The van der Waals surface area contributed by atoms with Gasteiger partial charge >= 0.3 is 0 Å². The first-order valence-electron chi connectivity index (χ1n) is 7.67. The molecule has 0 aromatic heterocycles. The molecule has 3 aliphatic carbocycles. The van der Waals surface area contributed by atoms with Crippen LogP contribution in [-0.4, -0.2) is 6.54 Å². The summed E-state index contributed by atoms with van der Waals surface area (Å²) < 4.78 is 0. The molecule has 0 amide bonds. The van der Waals surface area contributed by atoms with E-state index >= 15 is 0 Å². The van der Waals surface area contributed by atoms with Crippen LogP contribution < -0.4 is 0 Å². The molecule has 2 heteroatoms. The first-order chi connectivity index (χ1) is 8.67. The molecule has 3 aliphatic rings. The lowest BCUT2D eigenvalue weighted by Crippen LogP contribution is -2.49. The quantitative estimate of drug-likeness (QED) is 0.539. The minimum Gasteiger partial charge on any atom is -0.150 e. The summed E-state index contributed by atoms with van der Waals surface area (Å²) >= 11 is 0. The predicted molar refractivity (Wildman–Crippen MR) is 74.0 cm³/mol. The van der Waals surface area contributed by atoms with Crippen molar-refractivity contribution in [2.24, 2.45) is 46.6 Å². The lowest BCUT2D eigenvalue weighted by molar-refractivity contribution is -0.0562. The second-order valence-corrected chi connectivity index (χ2v) is 6.96. The van der Waals surface area contributed by atoms with E-state index in [1.54, 1.807) is 0 Å². The average molecular weight is 247 g/mol. The maximum absolute atomic E-state index is 10.6. The Bertz CT molecular complexity index is 375. The highest BCUT2D eigenvalue weighted by atomic mass is 16.3. The molecule has 0 spiro atoms. The second kappa shape index (κ2) is 4.47. The molecule has 2 saturated carbocycles. The van der Waals surface area contributed by atoms with Gasteiger partial charge < -0.3 is 0 Å². The van der Waals surface area contributed by atoms with Crippen molar-refractivity contribution in [2.45, 2.75) is 40.0 Å². The Kier molecular flexibility index (Phi) is 3.07. The summed E-state index contributed by atoms with van der Waals surface area (Å²) in [4.78, 5) is 10.6. The van der Waals surface area contributed by atoms with Crippen LogP contribution in [0.25, 0.3) is 0 Å². The predicted octanol–water partition coefficient (Wildman–Crippen LogP) is 4.26. The van der Waals surface area contributed by atoms with Crippen LogP contribution in [0.1, 0.15) is 40.0 Å². The molecule has 0 saturated heterocycles. The molecule has 0 heterocycles. The standard InChI is InChI=1S/C16H25NO/c1-4-9(2)13-5-10(3)15-12(8-17-18)6-11-7-14(13)16(11)15/h6,9-11,13-16H,4-5,7-8H2,1-3H3. The summed E-state index contributed by atoms with van der Waals surface area (Å²) in [5.74, 6) is 5.82. The molecule has 2 nitrogen and oxygen atoms in total. The fourth-order valence-corrected chi connectivity index (χ4v) is 5.24. The van der Waals surface area contributed by atoms with Crippen LogP contribution in [0.5, 0.6) is 0 Å². The smallest absolute Gasteiger partial charge is 0.102 e. The van der Waals surface area contributed by atoms with E-state index in [4.69, 9.17) is 0 Å². The molecule has 7 atom stereocenters. The number of nitrogens with zero attached hydrogens (tertiary/aromatic N) is 1. The lowest BCUT2D eigenvalue weighted by atomic mass is 9.49. The average Bonchev–Trinajstić information content (AvgIpc) is 2.64. The first-order valence-corrected chi connectivity index (χ1v) is 7.67. The van der Waals surface area contributed by atoms with Crippen LogP contribution in [-0.2, 0) is 0 Å². The topological polar surface area (TPSA) is 29.4 Å². The Morgan fingerprint density at radius 3 is 2.89 bits per heavy atom. The van der Waals surface area contributed by atoms with Gasteiger partial charge in [0.05, 0.1) is 0 Å². The zero-order valence-electron chi connectivity index (χ0n) is 11.8. The molecule has 0 aromatic rings. The molecular formula is C16H25NO. The molecule has 7 unspecified atom stereocenters. The van der Waals surface area contributed by atoms with Crippen LogP contribution in [0, 0.1) is 46.3 Å². The van der Waals surface area contributed by atoms with Crippen LogP contribution >= 0.6 is 0 Å². The monoisotopic (exact) mass is 247 g/mol. The van der Waals surface area contributed by atoms with Gasteiger partial charge in [0.2, 0.25) is 0 Å². The molecular weight excluding hydrogens is 222 g/mol. The molecule has 0 N–H and O–H groups in total. The molecule has 2 fully saturated rings. The van der Waals surface area contributed by atoms with Gasteiger partial charge in [0, 0.05) is 0 Å². The van der Waals surface area contributed by atoms with Gasteiger partial charge in [0.1, 0.15) is 6.54 Å². The van der Waals surface area contributed by atoms with Crippen LogP contribution in [0.2, 0.25) is 0 Å². The summed E-state index contributed by atoms with van der Waals surface area (Å²) in [5, 5.41) is 3.15. The van der Waals surface area contributed by atoms with E-state index in [0.717, 1.165) is 35.5 Å². The zero-order valence-corrected chi connectivity index (χ0v) is 11.8. The largest absolute Gasteiger partial charge is 0.150 e. The van der Waals surface area contributed by atoms with Crippen LogP contribution in [0.4, 0.5) is 0 Å². The fourth-order valence-electron chi connectivity index (χ4n) is 5.24. The van der Waals surface area contributed by atoms with E-state index in [1.807, 2.05) is 0 Å². The van der Waals surface area contributed by atoms with Crippen molar-refractivity contribution in [3.8, 4) is 0 Å². The molecule has 3 rings (SSSR count). The Balaban J connectivity index is 1.80. The van der Waals surface area contributed by atoms with Crippen molar-refractivity contribution in [3.63, 3.8) is 0 Å². The summed E-state index contributed by atoms with van der Waals surface area (Å²) in [6.07, 6.45) is 6.46. The van der Waals surface area contributed by atoms with Gasteiger partial charge in [0.25, 0.3) is 0 Å². The van der Waals surface area contributed by atoms with Gasteiger partial charge in [-0.2, -0.15) is 4.91 Å². The number of hydrogen-bond acceptors (Lipinski definition) is 2. The SMILES string of the molecule is CCC(C)C1CC(C)C2C(CN=O)=CC3CC1C32. The highest BCUT2D eigenvalue weighted by Crippen LogP contribution is 2.63. The number of hydrogen-bond donors (Lipinski definition) is 0. The zero-order chi connectivity index (χ0) is 12.9. The molecule has 0 radical (unpaired) electrons. The van der Waals surface area contributed by atoms with Crippen molar-refractivity contribution >= 4 is 0 Å². The summed E-state index contributed by atoms with van der Waals surface area (Å²) in [5.41, 5.74) is 1.37. The summed E-state index contributed by atoms with van der Waals surface area (Å²) in [6, 6.07) is 0. The Morgan fingerprint density at radius 1 is 1.44 bits per heavy atom. The van der Waals surface area contributed by atoms with E-state index in [2.05, 4.69) is 32.0 Å². The number of allylic oxidation sites excluding steroid dienone is 1. The van der Waals surface area contributed by atoms with Gasteiger partial charge in [-0.1, -0.05) is 38.4 Å². The minimum atomic E-state index is 0.447. The van der Waals surface area contributed by atoms with Crippen molar-refractivity contribution in [2.75, 3.05) is 6.54 Å². The molecule has 0 aromatic carbocycles. The van der Waals surface area contributed by atoms with Gasteiger partial charge in [-0.25, -0.2) is 0 Å². The summed E-state index contributed by atoms with van der Waals surface area (Å²) in [7, 11) is 0. The first kappa shape index (κ1) is 12.4. The van der Waals surface area contributed by atoms with Gasteiger partial charge in [-0.15, -0.1) is 0 Å². The Labute approximate surface area is 110 Å². The third kappa shape index (κ3) is 1.60. The third-order valence-corrected chi connectivity index (χ3v) is 6.23. The molecule has 0 aliphatic heterocycles. The van der Waals surface area contributed by atoms with Gasteiger partial charge in [0.15, 0.2) is 0 Å². The second-order valence-electron chi connectivity index (χ2n) is 6.96. The highest BCUT2D eigenvalue weighted by Gasteiger charge is 2.57. The maximum Gasteiger partial charge on any atom is 0.102 e. The van der Waals surface area contributed by atoms with E-state index in [-0.39, 0.29) is 0 Å². The van der Waals surface area contributed by atoms with Crippen LogP contribution in [0.3, 0.4) is 0 Å². The maximum atomic E-state index is 10.6. The number of nitroso groups, excluding NO2 is 1. The summed E-state index contributed by atoms with van der Waals surface area (Å²) in [6.45, 7) is 7.60. The van der Waals surface area contributed by atoms with Gasteiger partial charge in [-0.05, 0) is 59.8 Å². The third-order valence-electron chi connectivity index (χ3n) is 6.23. The molecule has 18 heavy (non-hydrogen) atoms. The normalized spacial score (nSPS) is 46.9. The van der Waals surface area contributed by atoms with Gasteiger partial charge in [-0.3, -0.25) is 0 Å². The Morgan fingerprint density at radius 2 is 2.22 bits per heavy atom. The molecule has 0 bridgehead atoms. The van der Waals surface area contributed by atoms with E-state index in [0.29, 0.717) is 12.5 Å². The van der Waals surface area contributed by atoms with Crippen molar-refractivity contribution in [1.29, 1.82) is 0 Å². The highest BCUT2D eigenvalue weighted by molar-refractivity contribution is 5.27. The number of rotatable bonds is 4. The van der Waals surface area contributed by atoms with Crippen molar-refractivity contribution < 1.29 is 0 Å². The fraction of sp³-hybridized carbons (Fsp3) is 0.875. The lowest BCUT2D eigenvalue weighted by Gasteiger charge is -2.55. The molecule has 100 valence electrons. The van der Waals surface area contributed by atoms with Crippen LogP contribution in [0.15, 0.2) is 16.8 Å². The van der Waals surface area contributed by atoms with Crippen molar-refractivity contribution in [3.05, 3.63) is 16.6 Å². The minimum absolute atomic E-state index is 0.447.